The Morgan fingerprint density at radius 1 is 1.38 bits per heavy atom. The van der Waals surface area contributed by atoms with Crippen LogP contribution in [0, 0.1) is 6.92 Å². The van der Waals surface area contributed by atoms with Crippen molar-refractivity contribution in [2.45, 2.75) is 26.2 Å². The van der Waals surface area contributed by atoms with Crippen LogP contribution in [-0.4, -0.2) is 6.54 Å². The monoisotopic (exact) mass is 197 g/mol. The first-order chi connectivity index (χ1) is 5.97. The molecule has 1 rings (SSSR count). The maximum Gasteiger partial charge on any atom is 0.0446 e. The SMILES string of the molecule is Cc1ccc(C(C)(C)CN)c(Cl)c1. The van der Waals surface area contributed by atoms with Gasteiger partial charge in [0.2, 0.25) is 0 Å². The fraction of sp³-hybridized carbons (Fsp3) is 0.455. The quantitative estimate of drug-likeness (QED) is 0.776. The minimum Gasteiger partial charge on any atom is -0.330 e. The van der Waals surface area contributed by atoms with E-state index >= 15 is 0 Å². The van der Waals surface area contributed by atoms with E-state index in [-0.39, 0.29) is 5.41 Å². The average Bonchev–Trinajstić information content (AvgIpc) is 2.03. The smallest absolute Gasteiger partial charge is 0.0446 e. The molecule has 0 aromatic heterocycles. The van der Waals surface area contributed by atoms with Crippen LogP contribution >= 0.6 is 11.6 Å². The fourth-order valence-electron chi connectivity index (χ4n) is 1.28. The summed E-state index contributed by atoms with van der Waals surface area (Å²) in [6.45, 7) is 6.84. The van der Waals surface area contributed by atoms with Gasteiger partial charge in [-0.1, -0.05) is 37.6 Å². The predicted molar refractivity (Wildman–Crippen MR) is 58.3 cm³/mol. The first-order valence-corrected chi connectivity index (χ1v) is 4.82. The lowest BCUT2D eigenvalue weighted by molar-refractivity contribution is 0.539. The highest BCUT2D eigenvalue weighted by Gasteiger charge is 2.20. The molecule has 0 heterocycles. The van der Waals surface area contributed by atoms with Gasteiger partial charge in [0.1, 0.15) is 0 Å². The van der Waals surface area contributed by atoms with E-state index in [1.807, 2.05) is 13.0 Å². The lowest BCUT2D eigenvalue weighted by Gasteiger charge is -2.24. The number of hydrogen-bond acceptors (Lipinski definition) is 1. The molecule has 0 aliphatic rings. The molecule has 1 aromatic carbocycles. The van der Waals surface area contributed by atoms with Crippen molar-refractivity contribution in [2.75, 3.05) is 6.54 Å². The molecule has 0 bridgehead atoms. The van der Waals surface area contributed by atoms with E-state index in [1.165, 1.54) is 5.56 Å². The highest BCUT2D eigenvalue weighted by molar-refractivity contribution is 6.31. The molecule has 1 nitrogen and oxygen atoms in total. The molecule has 1 aromatic rings. The van der Waals surface area contributed by atoms with Gasteiger partial charge in [-0.3, -0.25) is 0 Å². The number of aryl methyl sites for hydroxylation is 1. The summed E-state index contributed by atoms with van der Waals surface area (Å²) in [5.74, 6) is 0. The Kier molecular flexibility index (Phi) is 2.99. The molecule has 0 fully saturated rings. The van der Waals surface area contributed by atoms with E-state index in [2.05, 4.69) is 26.0 Å². The third kappa shape index (κ3) is 2.23. The predicted octanol–water partition coefficient (Wildman–Crippen LogP) is 2.88. The summed E-state index contributed by atoms with van der Waals surface area (Å²) in [6.07, 6.45) is 0. The molecule has 2 N–H and O–H groups in total. The van der Waals surface area contributed by atoms with Gasteiger partial charge in [-0.05, 0) is 24.1 Å². The first kappa shape index (κ1) is 10.6. The van der Waals surface area contributed by atoms with Crippen molar-refractivity contribution < 1.29 is 0 Å². The fourth-order valence-corrected chi connectivity index (χ4v) is 1.77. The molecule has 0 aliphatic heterocycles. The van der Waals surface area contributed by atoms with Crippen molar-refractivity contribution in [3.05, 3.63) is 34.3 Å². The van der Waals surface area contributed by atoms with E-state index in [0.29, 0.717) is 6.54 Å². The van der Waals surface area contributed by atoms with Crippen LogP contribution in [0.2, 0.25) is 5.02 Å². The van der Waals surface area contributed by atoms with Crippen LogP contribution in [0.25, 0.3) is 0 Å². The number of hydrogen-bond donors (Lipinski definition) is 1. The normalized spacial score (nSPS) is 11.8. The van der Waals surface area contributed by atoms with Gasteiger partial charge < -0.3 is 5.73 Å². The van der Waals surface area contributed by atoms with Gasteiger partial charge in [-0.25, -0.2) is 0 Å². The van der Waals surface area contributed by atoms with Gasteiger partial charge in [0.05, 0.1) is 0 Å². The van der Waals surface area contributed by atoms with Crippen LogP contribution in [-0.2, 0) is 5.41 Å². The number of benzene rings is 1. The Morgan fingerprint density at radius 3 is 2.46 bits per heavy atom. The van der Waals surface area contributed by atoms with Crippen molar-refractivity contribution in [3.63, 3.8) is 0 Å². The summed E-state index contributed by atoms with van der Waals surface area (Å²) in [7, 11) is 0. The van der Waals surface area contributed by atoms with Crippen LogP contribution in [0.5, 0.6) is 0 Å². The zero-order chi connectivity index (χ0) is 10.1. The summed E-state index contributed by atoms with van der Waals surface area (Å²) in [5.41, 5.74) is 7.96. The molecule has 13 heavy (non-hydrogen) atoms. The minimum atomic E-state index is -0.0369. The second kappa shape index (κ2) is 3.69. The van der Waals surface area contributed by atoms with E-state index in [0.717, 1.165) is 10.6 Å². The lowest BCUT2D eigenvalue weighted by atomic mass is 9.84. The largest absolute Gasteiger partial charge is 0.330 e. The molecule has 72 valence electrons. The van der Waals surface area contributed by atoms with Gasteiger partial charge in [0.25, 0.3) is 0 Å². The Morgan fingerprint density at radius 2 is 2.00 bits per heavy atom. The van der Waals surface area contributed by atoms with Crippen molar-refractivity contribution >= 4 is 11.6 Å². The lowest BCUT2D eigenvalue weighted by Crippen LogP contribution is -2.28. The topological polar surface area (TPSA) is 26.0 Å². The average molecular weight is 198 g/mol. The van der Waals surface area contributed by atoms with Crippen LogP contribution in [0.15, 0.2) is 18.2 Å². The van der Waals surface area contributed by atoms with Gasteiger partial charge in [0.15, 0.2) is 0 Å². The Hall–Kier alpha value is -0.530. The van der Waals surface area contributed by atoms with Crippen LogP contribution in [0.1, 0.15) is 25.0 Å². The third-order valence-electron chi connectivity index (χ3n) is 2.36. The summed E-state index contributed by atoms with van der Waals surface area (Å²) in [6, 6.07) is 6.11. The van der Waals surface area contributed by atoms with Gasteiger partial charge in [-0.2, -0.15) is 0 Å². The van der Waals surface area contributed by atoms with Crippen LogP contribution in [0.3, 0.4) is 0 Å². The summed E-state index contributed by atoms with van der Waals surface area (Å²) in [4.78, 5) is 0. The highest BCUT2D eigenvalue weighted by atomic mass is 35.5. The zero-order valence-electron chi connectivity index (χ0n) is 8.39. The van der Waals surface area contributed by atoms with Gasteiger partial charge in [0, 0.05) is 17.0 Å². The molecular weight excluding hydrogens is 182 g/mol. The molecule has 0 unspecified atom stereocenters. The molecule has 2 heteroatoms. The molecule has 0 atom stereocenters. The molecule has 0 saturated carbocycles. The maximum absolute atomic E-state index is 6.14. The minimum absolute atomic E-state index is 0.0369. The van der Waals surface area contributed by atoms with Crippen molar-refractivity contribution in [1.82, 2.24) is 0 Å². The van der Waals surface area contributed by atoms with Crippen molar-refractivity contribution in [1.29, 1.82) is 0 Å². The Balaban J connectivity index is 3.16. The molecule has 0 radical (unpaired) electrons. The zero-order valence-corrected chi connectivity index (χ0v) is 9.15. The van der Waals surface area contributed by atoms with Crippen LogP contribution in [0.4, 0.5) is 0 Å². The molecule has 0 amide bonds. The van der Waals surface area contributed by atoms with E-state index < -0.39 is 0 Å². The number of rotatable bonds is 2. The molecule has 0 spiro atoms. The van der Waals surface area contributed by atoms with E-state index in [1.54, 1.807) is 0 Å². The second-order valence-corrected chi connectivity index (χ2v) is 4.48. The summed E-state index contributed by atoms with van der Waals surface area (Å²) >= 11 is 6.14. The van der Waals surface area contributed by atoms with E-state index in [4.69, 9.17) is 17.3 Å². The Labute approximate surface area is 84.9 Å². The van der Waals surface area contributed by atoms with Gasteiger partial charge >= 0.3 is 0 Å². The maximum atomic E-state index is 6.14. The van der Waals surface area contributed by atoms with Crippen molar-refractivity contribution in [2.24, 2.45) is 5.73 Å². The Bertz CT molecular complexity index is 305. The molecular formula is C11H16ClN. The first-order valence-electron chi connectivity index (χ1n) is 4.44. The second-order valence-electron chi connectivity index (χ2n) is 4.07. The molecule has 0 aliphatic carbocycles. The van der Waals surface area contributed by atoms with Crippen molar-refractivity contribution in [3.8, 4) is 0 Å². The molecule has 0 saturated heterocycles. The van der Waals surface area contributed by atoms with E-state index in [9.17, 15) is 0 Å². The third-order valence-corrected chi connectivity index (χ3v) is 2.68. The highest BCUT2D eigenvalue weighted by Crippen LogP contribution is 2.29. The number of halogens is 1. The number of nitrogens with two attached hydrogens (primary N) is 1. The summed E-state index contributed by atoms with van der Waals surface area (Å²) < 4.78 is 0. The summed E-state index contributed by atoms with van der Waals surface area (Å²) in [5, 5.41) is 0.815. The standard InChI is InChI=1S/C11H16ClN/c1-8-4-5-9(10(12)6-8)11(2,3)7-13/h4-6H,7,13H2,1-3H3. The van der Waals surface area contributed by atoms with Gasteiger partial charge in [-0.15, -0.1) is 0 Å². The van der Waals surface area contributed by atoms with Crippen LogP contribution < -0.4 is 5.73 Å².